The van der Waals surface area contributed by atoms with Crippen LogP contribution in [0.2, 0.25) is 0 Å². The summed E-state index contributed by atoms with van der Waals surface area (Å²) in [6, 6.07) is 0.259. The number of likely N-dealkylation sites (N-methyl/N-ethyl adjacent to an activating group) is 1. The number of rotatable bonds is 3. The van der Waals surface area contributed by atoms with Crippen LogP contribution in [0.4, 0.5) is 0 Å². The molecule has 0 radical (unpaired) electrons. The number of nitrogens with one attached hydrogen (secondary N) is 1. The van der Waals surface area contributed by atoms with Crippen molar-refractivity contribution >= 4 is 0 Å². The maximum Gasteiger partial charge on any atom is 0.0797 e. The van der Waals surface area contributed by atoms with Crippen LogP contribution in [0.25, 0.3) is 0 Å². The van der Waals surface area contributed by atoms with Crippen LogP contribution in [-0.2, 0) is 0 Å². The molecular formula is C9H19NO. The summed E-state index contributed by atoms with van der Waals surface area (Å²) in [5.74, 6) is 0. The third-order valence-electron chi connectivity index (χ3n) is 2.79. The molecule has 0 bridgehead atoms. The molecule has 2 nitrogen and oxygen atoms in total. The molecule has 0 aliphatic heterocycles. The molecule has 1 fully saturated rings. The highest BCUT2D eigenvalue weighted by Gasteiger charge is 2.35. The lowest BCUT2D eigenvalue weighted by Crippen LogP contribution is -2.46. The van der Waals surface area contributed by atoms with Gasteiger partial charge >= 0.3 is 0 Å². The zero-order valence-electron chi connectivity index (χ0n) is 7.56. The monoisotopic (exact) mass is 157 g/mol. The predicted molar refractivity (Wildman–Crippen MR) is 46.6 cm³/mol. The number of hydrogen-bond acceptors (Lipinski definition) is 2. The fraction of sp³-hybridized carbons (Fsp3) is 1.00. The lowest BCUT2D eigenvalue weighted by atomic mass is 9.94. The third-order valence-corrected chi connectivity index (χ3v) is 2.79. The van der Waals surface area contributed by atoms with E-state index in [1.165, 1.54) is 12.8 Å². The van der Waals surface area contributed by atoms with Gasteiger partial charge in [0.2, 0.25) is 0 Å². The third kappa shape index (κ3) is 1.94. The maximum absolute atomic E-state index is 10.0. The van der Waals surface area contributed by atoms with Crippen molar-refractivity contribution in [2.45, 2.75) is 51.2 Å². The van der Waals surface area contributed by atoms with Gasteiger partial charge in [-0.25, -0.2) is 0 Å². The highest BCUT2D eigenvalue weighted by Crippen LogP contribution is 2.32. The van der Waals surface area contributed by atoms with Gasteiger partial charge in [0.1, 0.15) is 0 Å². The van der Waals surface area contributed by atoms with Crippen molar-refractivity contribution in [2.75, 3.05) is 6.54 Å². The average molecular weight is 157 g/mol. The second-order valence-electron chi connectivity index (χ2n) is 3.59. The Morgan fingerprint density at radius 1 is 1.45 bits per heavy atom. The SMILES string of the molecule is CCNC(C)C1(O)CCCC1. The van der Waals surface area contributed by atoms with Crippen molar-refractivity contribution in [3.8, 4) is 0 Å². The van der Waals surface area contributed by atoms with Gasteiger partial charge in [-0.2, -0.15) is 0 Å². The Morgan fingerprint density at radius 3 is 2.45 bits per heavy atom. The minimum Gasteiger partial charge on any atom is -0.388 e. The lowest BCUT2D eigenvalue weighted by Gasteiger charge is -2.30. The van der Waals surface area contributed by atoms with Gasteiger partial charge in [0.25, 0.3) is 0 Å². The first-order chi connectivity index (χ1) is 5.19. The summed E-state index contributed by atoms with van der Waals surface area (Å²) in [5, 5.41) is 13.3. The molecule has 1 aliphatic carbocycles. The van der Waals surface area contributed by atoms with Gasteiger partial charge in [0.15, 0.2) is 0 Å². The van der Waals surface area contributed by atoms with Gasteiger partial charge in [0, 0.05) is 6.04 Å². The first-order valence-electron chi connectivity index (χ1n) is 4.65. The average Bonchev–Trinajstić information content (AvgIpc) is 2.38. The molecule has 0 aromatic carbocycles. The van der Waals surface area contributed by atoms with Crippen LogP contribution < -0.4 is 5.32 Å². The Hall–Kier alpha value is -0.0800. The molecule has 66 valence electrons. The molecule has 2 N–H and O–H groups in total. The van der Waals surface area contributed by atoms with Gasteiger partial charge in [-0.05, 0) is 26.3 Å². The van der Waals surface area contributed by atoms with Crippen LogP contribution in [0.5, 0.6) is 0 Å². The summed E-state index contributed by atoms with van der Waals surface area (Å²) >= 11 is 0. The van der Waals surface area contributed by atoms with E-state index in [9.17, 15) is 5.11 Å². The Kier molecular flexibility index (Phi) is 2.90. The summed E-state index contributed by atoms with van der Waals surface area (Å²) in [6.07, 6.45) is 4.32. The van der Waals surface area contributed by atoms with Crippen molar-refractivity contribution in [3.63, 3.8) is 0 Å². The first-order valence-corrected chi connectivity index (χ1v) is 4.65. The van der Waals surface area contributed by atoms with Gasteiger partial charge in [-0.15, -0.1) is 0 Å². The fourth-order valence-corrected chi connectivity index (χ4v) is 1.92. The van der Waals surface area contributed by atoms with E-state index in [0.717, 1.165) is 19.4 Å². The highest BCUT2D eigenvalue weighted by atomic mass is 16.3. The smallest absolute Gasteiger partial charge is 0.0797 e. The van der Waals surface area contributed by atoms with Crippen LogP contribution in [0.15, 0.2) is 0 Å². The highest BCUT2D eigenvalue weighted by molar-refractivity contribution is 4.92. The molecule has 0 aromatic rings. The summed E-state index contributed by atoms with van der Waals surface area (Å²) < 4.78 is 0. The second-order valence-corrected chi connectivity index (χ2v) is 3.59. The van der Waals surface area contributed by atoms with Crippen LogP contribution in [0.1, 0.15) is 39.5 Å². The molecule has 1 aliphatic rings. The van der Waals surface area contributed by atoms with E-state index in [4.69, 9.17) is 0 Å². The van der Waals surface area contributed by atoms with Gasteiger partial charge in [-0.3, -0.25) is 0 Å². The van der Waals surface area contributed by atoms with Crippen molar-refractivity contribution in [2.24, 2.45) is 0 Å². The summed E-state index contributed by atoms with van der Waals surface area (Å²) in [6.45, 7) is 5.10. The minimum atomic E-state index is -0.407. The molecule has 1 saturated carbocycles. The molecule has 0 aromatic heterocycles. The fourth-order valence-electron chi connectivity index (χ4n) is 1.92. The topological polar surface area (TPSA) is 32.3 Å². The largest absolute Gasteiger partial charge is 0.388 e. The molecule has 2 heteroatoms. The van der Waals surface area contributed by atoms with Gasteiger partial charge in [-0.1, -0.05) is 19.8 Å². The molecule has 11 heavy (non-hydrogen) atoms. The Balaban J connectivity index is 2.42. The van der Waals surface area contributed by atoms with Crippen LogP contribution in [0, 0.1) is 0 Å². The van der Waals surface area contributed by atoms with Crippen LogP contribution >= 0.6 is 0 Å². The van der Waals surface area contributed by atoms with Crippen molar-refractivity contribution in [1.82, 2.24) is 5.32 Å². The van der Waals surface area contributed by atoms with Crippen LogP contribution in [-0.4, -0.2) is 23.3 Å². The molecule has 0 spiro atoms. The molecule has 0 heterocycles. The zero-order chi connectivity index (χ0) is 8.32. The standard InChI is InChI=1S/C9H19NO/c1-3-10-8(2)9(11)6-4-5-7-9/h8,10-11H,3-7H2,1-2H3. The molecule has 1 unspecified atom stereocenters. The summed E-state index contributed by atoms with van der Waals surface area (Å²) in [5.41, 5.74) is -0.407. The quantitative estimate of drug-likeness (QED) is 0.647. The van der Waals surface area contributed by atoms with Gasteiger partial charge in [0.05, 0.1) is 5.60 Å². The van der Waals surface area contributed by atoms with Crippen LogP contribution in [0.3, 0.4) is 0 Å². The lowest BCUT2D eigenvalue weighted by molar-refractivity contribution is 0.0147. The van der Waals surface area contributed by atoms with E-state index >= 15 is 0 Å². The van der Waals surface area contributed by atoms with E-state index in [0.29, 0.717) is 0 Å². The zero-order valence-corrected chi connectivity index (χ0v) is 7.56. The van der Waals surface area contributed by atoms with E-state index < -0.39 is 5.60 Å². The first kappa shape index (κ1) is 9.01. The van der Waals surface area contributed by atoms with Gasteiger partial charge < -0.3 is 10.4 Å². The van der Waals surface area contributed by atoms with Crippen molar-refractivity contribution in [3.05, 3.63) is 0 Å². The molecule has 0 saturated heterocycles. The van der Waals surface area contributed by atoms with Crippen molar-refractivity contribution < 1.29 is 5.11 Å². The molecule has 1 atom stereocenters. The number of hydrogen-bond donors (Lipinski definition) is 2. The normalized spacial score (nSPS) is 25.4. The Bertz CT molecular complexity index is 119. The van der Waals surface area contributed by atoms with E-state index in [1.807, 2.05) is 0 Å². The Morgan fingerprint density at radius 2 is 2.00 bits per heavy atom. The van der Waals surface area contributed by atoms with E-state index in [1.54, 1.807) is 0 Å². The molecular weight excluding hydrogens is 138 g/mol. The van der Waals surface area contributed by atoms with Crippen molar-refractivity contribution in [1.29, 1.82) is 0 Å². The summed E-state index contributed by atoms with van der Waals surface area (Å²) in [7, 11) is 0. The predicted octanol–water partition coefficient (Wildman–Crippen LogP) is 1.29. The maximum atomic E-state index is 10.0. The second kappa shape index (κ2) is 3.55. The van der Waals surface area contributed by atoms with E-state index in [2.05, 4.69) is 19.2 Å². The van der Waals surface area contributed by atoms with E-state index in [-0.39, 0.29) is 6.04 Å². The minimum absolute atomic E-state index is 0.259. The molecule has 1 rings (SSSR count). The number of aliphatic hydroxyl groups is 1. The summed E-state index contributed by atoms with van der Waals surface area (Å²) in [4.78, 5) is 0. The molecule has 0 amide bonds. The Labute approximate surface area is 69.0 Å².